The predicted molar refractivity (Wildman–Crippen MR) is 267 cm³/mol. The van der Waals surface area contributed by atoms with Crippen molar-refractivity contribution in [3.05, 3.63) is 82.0 Å². The van der Waals surface area contributed by atoms with Gasteiger partial charge < -0.3 is 60.5 Å². The van der Waals surface area contributed by atoms with Gasteiger partial charge in [0.1, 0.15) is 22.6 Å². The largest absolute Gasteiger partial charge is 0.555 e. The lowest BCUT2D eigenvalue weighted by molar-refractivity contribution is 0.0341. The van der Waals surface area contributed by atoms with Crippen LogP contribution in [0.15, 0.2) is 59.7 Å². The number of nitrogens with one attached hydrogen (secondary N) is 2. The summed E-state index contributed by atoms with van der Waals surface area (Å²) in [4.78, 5) is 24.2. The maximum atomic E-state index is 12.2. The van der Waals surface area contributed by atoms with Gasteiger partial charge in [-0.15, -0.1) is 0 Å². The van der Waals surface area contributed by atoms with E-state index in [0.29, 0.717) is 92.0 Å². The molecule has 20 nitrogen and oxygen atoms in total. The van der Waals surface area contributed by atoms with Crippen molar-refractivity contribution in [3.8, 4) is 23.6 Å². The van der Waals surface area contributed by atoms with Crippen molar-refractivity contribution in [1.29, 1.82) is 10.5 Å². The summed E-state index contributed by atoms with van der Waals surface area (Å²) in [6.45, 7) is 13.1. The van der Waals surface area contributed by atoms with Gasteiger partial charge >= 0.3 is 14.2 Å². The first-order valence-corrected chi connectivity index (χ1v) is 25.7. The summed E-state index contributed by atoms with van der Waals surface area (Å²) in [5.41, 5.74) is 15.7. The number of nitrogens with zero attached hydrogens (tertiary/aromatic N) is 6. The van der Waals surface area contributed by atoms with Crippen LogP contribution in [-0.4, -0.2) is 109 Å². The molecule has 8 rings (SSSR count). The van der Waals surface area contributed by atoms with Crippen LogP contribution in [0, 0.1) is 34.5 Å². The number of carbonyl (C=O) groups excluding carboxylic acids is 2. The number of nitriles is 2. The number of anilines is 4. The molecule has 2 aromatic carbocycles. The quantitative estimate of drug-likeness (QED) is 0.0748. The van der Waals surface area contributed by atoms with E-state index in [4.69, 9.17) is 39.8 Å². The molecule has 23 heteroatoms. The summed E-state index contributed by atoms with van der Waals surface area (Å²) >= 11 is 0. The molecule has 2 amide bonds. The lowest BCUT2D eigenvalue weighted by atomic mass is 9.74. The fourth-order valence-electron chi connectivity index (χ4n) is 8.00. The molecule has 9 N–H and O–H groups in total. The Balaban J connectivity index is 0.000000231. The van der Waals surface area contributed by atoms with E-state index in [1.807, 2.05) is 12.1 Å². The lowest BCUT2D eigenvalue weighted by Crippen LogP contribution is -2.41. The molecule has 2 unspecified atom stereocenters. The smallest absolute Gasteiger partial charge is 0.532 e. The Kier molecular flexibility index (Phi) is 17.0. The van der Waals surface area contributed by atoms with E-state index in [-0.39, 0.29) is 66.4 Å². The molecule has 6 heterocycles. The van der Waals surface area contributed by atoms with Crippen LogP contribution in [0.5, 0.6) is 11.5 Å². The highest BCUT2D eigenvalue weighted by atomic mass is 28.4. The molecule has 2 saturated heterocycles. The van der Waals surface area contributed by atoms with Crippen LogP contribution in [0.2, 0.25) is 18.1 Å². The maximum Gasteiger partial charge on any atom is 0.555 e. The zero-order chi connectivity index (χ0) is 49.6. The average molecular weight is 977 g/mol. The molecular formula is C47H62B2N10O10Si. The van der Waals surface area contributed by atoms with E-state index in [0.717, 1.165) is 11.0 Å². The molecule has 4 atom stereocenters. The predicted octanol–water partition coefficient (Wildman–Crippen LogP) is 5.67. The van der Waals surface area contributed by atoms with Gasteiger partial charge in [-0.2, -0.15) is 20.7 Å². The summed E-state index contributed by atoms with van der Waals surface area (Å²) in [6, 6.07) is 14.6. The summed E-state index contributed by atoms with van der Waals surface area (Å²) in [7, 11) is -4.03. The molecule has 0 aliphatic carbocycles. The van der Waals surface area contributed by atoms with E-state index in [9.17, 15) is 30.2 Å². The van der Waals surface area contributed by atoms with Crippen LogP contribution < -0.4 is 31.4 Å². The number of aromatic nitrogens is 4. The van der Waals surface area contributed by atoms with Crippen molar-refractivity contribution >= 4 is 69.5 Å². The molecule has 0 bridgehead atoms. The number of hydrogen-bond donors (Lipinski definition) is 7. The Morgan fingerprint density at radius 2 is 1.26 bits per heavy atom. The van der Waals surface area contributed by atoms with Crippen LogP contribution in [0.3, 0.4) is 0 Å². The second-order valence-corrected chi connectivity index (χ2v) is 23.6. The van der Waals surface area contributed by atoms with Crippen molar-refractivity contribution in [2.24, 2.45) is 23.3 Å². The topological polar surface area (TPSA) is 300 Å². The number of fused-ring (bicyclic) bond motifs is 2. The van der Waals surface area contributed by atoms with Crippen molar-refractivity contribution in [1.82, 2.24) is 19.6 Å². The van der Waals surface area contributed by atoms with Gasteiger partial charge in [0.25, 0.3) is 11.8 Å². The maximum absolute atomic E-state index is 12.2. The molecule has 4 aliphatic heterocycles. The van der Waals surface area contributed by atoms with Gasteiger partial charge in [0.05, 0.1) is 49.3 Å². The van der Waals surface area contributed by atoms with Gasteiger partial charge in [-0.3, -0.25) is 19.0 Å². The van der Waals surface area contributed by atoms with Gasteiger partial charge in [-0.05, 0) is 91.2 Å². The van der Waals surface area contributed by atoms with Gasteiger partial charge in [-0.1, -0.05) is 40.3 Å². The number of carbonyl (C=O) groups is 2. The van der Waals surface area contributed by atoms with Crippen molar-refractivity contribution < 1.29 is 48.0 Å². The molecule has 0 radical (unpaired) electrons. The van der Waals surface area contributed by atoms with Gasteiger partial charge in [-0.25, -0.2) is 0 Å². The second-order valence-electron chi connectivity index (χ2n) is 18.8. The molecule has 0 saturated carbocycles. The number of benzene rings is 2. The van der Waals surface area contributed by atoms with Crippen molar-refractivity contribution in [2.45, 2.75) is 84.1 Å². The molecular weight excluding hydrogens is 914 g/mol. The molecule has 70 heavy (non-hydrogen) atoms. The monoisotopic (exact) mass is 976 g/mol. The fourth-order valence-corrected chi connectivity index (χ4v) is 9.04. The highest BCUT2D eigenvalue weighted by Gasteiger charge is 2.38. The van der Waals surface area contributed by atoms with E-state index < -0.39 is 34.4 Å². The van der Waals surface area contributed by atoms with Crippen LogP contribution in [0.1, 0.15) is 97.8 Å². The third-order valence-corrected chi connectivity index (χ3v) is 17.6. The van der Waals surface area contributed by atoms with E-state index in [1.54, 1.807) is 52.0 Å². The molecule has 4 aromatic rings. The third kappa shape index (κ3) is 12.1. The zero-order valence-electron chi connectivity index (χ0n) is 39.3. The van der Waals surface area contributed by atoms with E-state index in [1.165, 1.54) is 6.20 Å². The third-order valence-electron chi connectivity index (χ3n) is 13.1. The number of hydrogen-bond acceptors (Lipinski definition) is 16. The number of aliphatic hydroxyl groups is 1. The van der Waals surface area contributed by atoms with E-state index in [2.05, 4.69) is 66.8 Å². The minimum atomic E-state index is -1.90. The normalized spacial score (nSPS) is 19.7. The molecule has 2 fully saturated rings. The Hall–Kier alpha value is -6.43. The Morgan fingerprint density at radius 3 is 1.66 bits per heavy atom. The van der Waals surface area contributed by atoms with E-state index >= 15 is 0 Å². The lowest BCUT2D eigenvalue weighted by Gasteiger charge is -2.36. The Labute approximate surface area is 409 Å². The van der Waals surface area contributed by atoms with Crippen molar-refractivity contribution in [2.75, 3.05) is 50.3 Å². The minimum absolute atomic E-state index is 0. The number of aliphatic hydroxyl groups excluding tert-OH is 1. The van der Waals surface area contributed by atoms with Crippen LogP contribution in [-0.2, 0) is 13.9 Å². The standard InChI is InChI=1S/C26H36BN5O5Si.C20H22BN5O5.CH4/c1-26(2,3)38(4,5)36-11-9-19-12-18-13-20(6-7-23(18)37-27(19)34)30-25-21(24(29)33)15-32(31-25)22-16-35-10-8-17(22)14-28;22-9-12-4-6-30-11-17(12)26-10-16(19(23)28)20(25-26)24-15-1-2-18-13(8-15)7-14(3-5-27)21(29)31-18;/h6-7,12-13,15,17,22,34H,8-11,16H2,1-5H3,(H2,29,33)(H,30,31);1-2,7-8,10,12,17,27,29H,3-6,11H2,(H2,23,28)(H,24,25);1H4/t17-,22?;12-,17?;/m11./s1. The van der Waals surface area contributed by atoms with Crippen molar-refractivity contribution in [3.63, 3.8) is 0 Å². The first-order valence-electron chi connectivity index (χ1n) is 22.8. The number of rotatable bonds is 14. The van der Waals surface area contributed by atoms with Gasteiger partial charge in [0, 0.05) is 61.3 Å². The highest BCUT2D eigenvalue weighted by Crippen LogP contribution is 2.38. The minimum Gasteiger partial charge on any atom is -0.532 e. The Bertz CT molecular complexity index is 2690. The number of primary amides is 2. The first kappa shape index (κ1) is 52.9. The fraction of sp³-hybridized carbons (Fsp3) is 0.447. The second kappa shape index (κ2) is 22.5. The highest BCUT2D eigenvalue weighted by molar-refractivity contribution is 6.74. The summed E-state index contributed by atoms with van der Waals surface area (Å²) in [6.07, 6.45) is 8.79. The van der Waals surface area contributed by atoms with Crippen LogP contribution >= 0.6 is 0 Å². The molecule has 370 valence electrons. The molecule has 2 aromatic heterocycles. The average Bonchev–Trinajstić information content (AvgIpc) is 3.94. The summed E-state index contributed by atoms with van der Waals surface area (Å²) in [5.74, 6) is -0.204. The van der Waals surface area contributed by atoms with Gasteiger partial charge in [0.15, 0.2) is 20.0 Å². The summed E-state index contributed by atoms with van der Waals surface area (Å²) in [5, 5.41) is 64.0. The van der Waals surface area contributed by atoms with Crippen LogP contribution in [0.25, 0.3) is 12.2 Å². The van der Waals surface area contributed by atoms with Gasteiger partial charge in [0.2, 0.25) is 0 Å². The molecule has 0 spiro atoms. The zero-order valence-corrected chi connectivity index (χ0v) is 40.3. The Morgan fingerprint density at radius 1 is 0.814 bits per heavy atom. The number of nitrogens with two attached hydrogens (primary N) is 2. The van der Waals surface area contributed by atoms with Crippen LogP contribution in [0.4, 0.5) is 23.0 Å². The number of amides is 2. The number of ether oxygens (including phenoxy) is 2. The summed E-state index contributed by atoms with van der Waals surface area (Å²) < 4.78 is 31.7. The SMILES string of the molecule is C.CC(C)(C)[Si](C)(C)OCCC1=Cc2cc(Nc3nn(C4COCC[C@@H]4C#N)cc3C(N)=O)ccc2OB1O.N#C[C@H]1CCOCC1n1cc(C(N)=O)c(Nc2ccc3c(c2)C=C(CCO)B(O)O3)n1. The first-order chi connectivity index (χ1) is 32.9. The molecule has 4 aliphatic rings.